The van der Waals surface area contributed by atoms with Crippen molar-refractivity contribution in [2.45, 2.75) is 5.75 Å². The predicted octanol–water partition coefficient (Wildman–Crippen LogP) is 1.95. The van der Waals surface area contributed by atoms with Crippen LogP contribution in [0, 0.1) is 0 Å². The smallest absolute Gasteiger partial charge is 0.335 e. The van der Waals surface area contributed by atoms with E-state index in [4.69, 9.17) is 5.11 Å². The predicted molar refractivity (Wildman–Crippen MR) is 52.3 cm³/mol. The first-order valence-electron chi connectivity index (χ1n) is 3.69. The van der Waals surface area contributed by atoms with E-state index in [0.717, 1.165) is 5.56 Å². The Labute approximate surface area is 80.4 Å². The van der Waals surface area contributed by atoms with Crippen molar-refractivity contribution in [1.29, 1.82) is 0 Å². The molecule has 13 heavy (non-hydrogen) atoms. The van der Waals surface area contributed by atoms with Gasteiger partial charge in [0.15, 0.2) is 0 Å². The highest BCUT2D eigenvalue weighted by atomic mass is 32.2. The molecule has 0 aliphatic rings. The Morgan fingerprint density at radius 2 is 2.23 bits per heavy atom. The van der Waals surface area contributed by atoms with E-state index < -0.39 is 5.97 Å². The Morgan fingerprint density at radius 3 is 2.69 bits per heavy atom. The summed E-state index contributed by atoms with van der Waals surface area (Å²) in [6.07, 6.45) is 1.92. The second kappa shape index (κ2) is 4.18. The van der Waals surface area contributed by atoms with Crippen molar-refractivity contribution in [2.24, 2.45) is 0 Å². The molecular weight excluding hydrogens is 188 g/mol. The Kier molecular flexibility index (Phi) is 3.19. The lowest BCUT2D eigenvalue weighted by molar-refractivity contribution is 0.0696. The van der Waals surface area contributed by atoms with E-state index in [0.29, 0.717) is 5.75 Å². The normalized spacial score (nSPS) is 9.92. The quantitative estimate of drug-likeness (QED) is 0.779. The number of carboxylic acid groups (broad SMARTS) is 1. The summed E-state index contributed by atoms with van der Waals surface area (Å²) in [5.74, 6) is -0.286. The van der Waals surface area contributed by atoms with Gasteiger partial charge in [-0.25, -0.2) is 4.79 Å². The van der Waals surface area contributed by atoms with E-state index in [1.54, 1.807) is 17.8 Å². The van der Waals surface area contributed by atoms with Crippen molar-refractivity contribution in [1.82, 2.24) is 0 Å². The third-order valence-electron chi connectivity index (χ3n) is 1.63. The Bertz CT molecular complexity index is 323. The van der Waals surface area contributed by atoms with E-state index in [9.17, 15) is 9.90 Å². The van der Waals surface area contributed by atoms with Crippen LogP contribution in [0.5, 0.6) is 5.75 Å². The summed E-state index contributed by atoms with van der Waals surface area (Å²) in [5.41, 5.74) is 0.875. The summed E-state index contributed by atoms with van der Waals surface area (Å²) in [7, 11) is 0. The van der Waals surface area contributed by atoms with Crippen molar-refractivity contribution in [3.05, 3.63) is 29.3 Å². The third-order valence-corrected chi connectivity index (χ3v) is 2.23. The molecule has 0 fully saturated rings. The fraction of sp³-hybridized carbons (Fsp3) is 0.222. The van der Waals surface area contributed by atoms with E-state index in [2.05, 4.69) is 0 Å². The van der Waals surface area contributed by atoms with Crippen LogP contribution in [0.15, 0.2) is 18.2 Å². The zero-order valence-electron chi connectivity index (χ0n) is 7.15. The summed E-state index contributed by atoms with van der Waals surface area (Å²) in [5, 5.41) is 18.0. The zero-order valence-corrected chi connectivity index (χ0v) is 7.97. The van der Waals surface area contributed by atoms with Gasteiger partial charge in [-0.05, 0) is 18.4 Å². The van der Waals surface area contributed by atoms with Crippen LogP contribution in [0.3, 0.4) is 0 Å². The SMILES string of the molecule is CSCc1ccc(C(=O)O)cc1O. The van der Waals surface area contributed by atoms with E-state index in [-0.39, 0.29) is 11.3 Å². The van der Waals surface area contributed by atoms with Crippen molar-refractivity contribution in [3.8, 4) is 5.75 Å². The summed E-state index contributed by atoms with van der Waals surface area (Å²) >= 11 is 1.58. The van der Waals surface area contributed by atoms with Gasteiger partial charge in [0.05, 0.1) is 5.56 Å². The van der Waals surface area contributed by atoms with Crippen LogP contribution in [0.25, 0.3) is 0 Å². The fourth-order valence-corrected chi connectivity index (χ4v) is 1.53. The van der Waals surface area contributed by atoms with Crippen molar-refractivity contribution in [3.63, 3.8) is 0 Å². The first-order valence-corrected chi connectivity index (χ1v) is 5.08. The minimum absolute atomic E-state index is 0.0502. The van der Waals surface area contributed by atoms with Gasteiger partial charge in [0.25, 0.3) is 0 Å². The summed E-state index contributed by atoms with van der Waals surface area (Å²) in [4.78, 5) is 10.5. The van der Waals surface area contributed by atoms with Gasteiger partial charge < -0.3 is 10.2 Å². The molecule has 0 radical (unpaired) electrons. The molecule has 1 aromatic rings. The maximum Gasteiger partial charge on any atom is 0.335 e. The van der Waals surface area contributed by atoms with Gasteiger partial charge >= 0.3 is 5.97 Å². The van der Waals surface area contributed by atoms with Crippen LogP contribution in [-0.4, -0.2) is 22.4 Å². The van der Waals surface area contributed by atoms with Gasteiger partial charge in [0, 0.05) is 11.3 Å². The lowest BCUT2D eigenvalue weighted by Gasteiger charge is -2.02. The van der Waals surface area contributed by atoms with Gasteiger partial charge in [0.1, 0.15) is 5.75 Å². The Morgan fingerprint density at radius 1 is 1.54 bits per heavy atom. The van der Waals surface area contributed by atoms with Crippen LogP contribution in [0.1, 0.15) is 15.9 Å². The molecule has 0 unspecified atom stereocenters. The van der Waals surface area contributed by atoms with Gasteiger partial charge in [-0.3, -0.25) is 0 Å². The standard InChI is InChI=1S/C9H10O3S/c1-13-5-7-3-2-6(9(11)12)4-8(7)10/h2-4,10H,5H2,1H3,(H,11,12). The molecule has 0 saturated heterocycles. The first-order chi connectivity index (χ1) is 6.15. The van der Waals surface area contributed by atoms with Crippen LogP contribution in [0.2, 0.25) is 0 Å². The number of carbonyl (C=O) groups is 1. The number of phenolic OH excluding ortho intramolecular Hbond substituents is 1. The molecule has 1 aromatic carbocycles. The minimum atomic E-state index is -1.02. The van der Waals surface area contributed by atoms with Crippen LogP contribution < -0.4 is 0 Å². The highest BCUT2D eigenvalue weighted by Crippen LogP contribution is 2.22. The lowest BCUT2D eigenvalue weighted by Crippen LogP contribution is -1.96. The number of hydrogen-bond donors (Lipinski definition) is 2. The molecule has 0 amide bonds. The first kappa shape index (κ1) is 9.92. The molecule has 0 aliphatic carbocycles. The highest BCUT2D eigenvalue weighted by Gasteiger charge is 2.06. The monoisotopic (exact) mass is 198 g/mol. The zero-order chi connectivity index (χ0) is 9.84. The summed E-state index contributed by atoms with van der Waals surface area (Å²) in [6, 6.07) is 4.40. The molecule has 0 aromatic heterocycles. The number of thioether (sulfide) groups is 1. The molecular formula is C9H10O3S. The van der Waals surface area contributed by atoms with Crippen molar-refractivity contribution >= 4 is 17.7 Å². The van der Waals surface area contributed by atoms with Crippen LogP contribution in [0.4, 0.5) is 0 Å². The number of phenols is 1. The van der Waals surface area contributed by atoms with Gasteiger partial charge in [0.2, 0.25) is 0 Å². The van der Waals surface area contributed by atoms with Gasteiger partial charge in [-0.2, -0.15) is 11.8 Å². The van der Waals surface area contributed by atoms with E-state index >= 15 is 0 Å². The van der Waals surface area contributed by atoms with Gasteiger partial charge in [-0.15, -0.1) is 0 Å². The molecule has 3 nitrogen and oxygen atoms in total. The van der Waals surface area contributed by atoms with Crippen LogP contribution >= 0.6 is 11.8 Å². The van der Waals surface area contributed by atoms with Crippen molar-refractivity contribution < 1.29 is 15.0 Å². The molecule has 2 N–H and O–H groups in total. The van der Waals surface area contributed by atoms with E-state index in [1.807, 2.05) is 6.26 Å². The Hall–Kier alpha value is -1.16. The molecule has 0 aliphatic heterocycles. The Balaban J connectivity index is 2.98. The van der Waals surface area contributed by atoms with E-state index in [1.165, 1.54) is 12.1 Å². The maximum absolute atomic E-state index is 10.5. The number of hydrogen-bond acceptors (Lipinski definition) is 3. The molecule has 0 saturated carbocycles. The number of aromatic hydroxyl groups is 1. The number of rotatable bonds is 3. The molecule has 0 bridgehead atoms. The second-order valence-corrected chi connectivity index (χ2v) is 3.45. The molecule has 0 heterocycles. The highest BCUT2D eigenvalue weighted by molar-refractivity contribution is 7.97. The second-order valence-electron chi connectivity index (χ2n) is 2.58. The lowest BCUT2D eigenvalue weighted by atomic mass is 10.1. The number of benzene rings is 1. The maximum atomic E-state index is 10.5. The van der Waals surface area contributed by atoms with Crippen molar-refractivity contribution in [2.75, 3.05) is 6.26 Å². The number of aromatic carboxylic acids is 1. The summed E-state index contributed by atoms with van der Waals surface area (Å²) < 4.78 is 0. The molecule has 4 heteroatoms. The molecule has 0 spiro atoms. The third kappa shape index (κ3) is 2.39. The molecule has 0 atom stereocenters. The molecule has 70 valence electrons. The molecule has 1 rings (SSSR count). The average Bonchev–Trinajstić information content (AvgIpc) is 2.08. The summed E-state index contributed by atoms with van der Waals surface area (Å²) in [6.45, 7) is 0. The van der Waals surface area contributed by atoms with Gasteiger partial charge in [-0.1, -0.05) is 6.07 Å². The largest absolute Gasteiger partial charge is 0.508 e. The number of carboxylic acids is 1. The average molecular weight is 198 g/mol. The topological polar surface area (TPSA) is 57.5 Å². The minimum Gasteiger partial charge on any atom is -0.508 e. The fourth-order valence-electron chi connectivity index (χ4n) is 0.974. The van der Waals surface area contributed by atoms with Crippen LogP contribution in [-0.2, 0) is 5.75 Å².